The van der Waals surface area contributed by atoms with Crippen molar-refractivity contribution in [2.75, 3.05) is 6.61 Å². The molecule has 0 spiro atoms. The maximum Gasteiger partial charge on any atom is 0.407 e. The van der Waals surface area contributed by atoms with Gasteiger partial charge in [0.15, 0.2) is 17.8 Å². The normalized spacial score (nSPS) is 18.5. The Morgan fingerprint density at radius 2 is 1.71 bits per heavy atom. The quantitative estimate of drug-likeness (QED) is 0.475. The van der Waals surface area contributed by atoms with E-state index in [1.54, 1.807) is 0 Å². The summed E-state index contributed by atoms with van der Waals surface area (Å²) in [6.45, 7) is 0.109. The number of ether oxygens (including phenoxy) is 1. The summed E-state index contributed by atoms with van der Waals surface area (Å²) in [5.41, 5.74) is 4.58. The third kappa shape index (κ3) is 4.62. The van der Waals surface area contributed by atoms with Crippen LogP contribution in [0, 0.1) is 5.92 Å². The molecule has 3 N–H and O–H groups in total. The number of nitrogens with one attached hydrogen (secondary N) is 2. The zero-order chi connectivity index (χ0) is 24.4. The van der Waals surface area contributed by atoms with E-state index in [1.807, 2.05) is 36.4 Å². The molecule has 180 valence electrons. The largest absolute Gasteiger partial charge is 0.481 e. The molecule has 9 nitrogen and oxygen atoms in total. The highest BCUT2D eigenvalue weighted by Crippen LogP contribution is 2.44. The number of nitrogens with zero attached hydrogens (tertiary/aromatic N) is 1. The fraction of sp³-hybridized carbons (Fsp3) is 0.308. The Kier molecular flexibility index (Phi) is 6.22. The van der Waals surface area contributed by atoms with Gasteiger partial charge < -0.3 is 24.9 Å². The number of fused-ring (bicyclic) bond motifs is 3. The Bertz CT molecular complexity index is 1220. The van der Waals surface area contributed by atoms with Gasteiger partial charge in [0.2, 0.25) is 0 Å². The second kappa shape index (κ2) is 9.61. The first-order chi connectivity index (χ1) is 17.0. The number of oxazole rings is 1. The van der Waals surface area contributed by atoms with Gasteiger partial charge in [-0.1, -0.05) is 48.5 Å². The predicted octanol–water partition coefficient (Wildman–Crippen LogP) is 3.70. The van der Waals surface area contributed by atoms with Gasteiger partial charge in [-0.05, 0) is 41.5 Å². The maximum absolute atomic E-state index is 12.6. The number of carboxylic acids is 1. The molecule has 2 atom stereocenters. The fourth-order valence-corrected chi connectivity index (χ4v) is 4.97. The lowest BCUT2D eigenvalue weighted by Gasteiger charge is -2.14. The number of rotatable bonds is 7. The van der Waals surface area contributed by atoms with E-state index in [9.17, 15) is 14.4 Å². The topological polar surface area (TPSA) is 131 Å². The number of carbonyl (C=O) groups is 3. The van der Waals surface area contributed by atoms with Crippen molar-refractivity contribution in [3.05, 3.63) is 77.5 Å². The van der Waals surface area contributed by atoms with E-state index >= 15 is 0 Å². The number of benzene rings is 2. The number of carboxylic acid groups (broad SMARTS) is 1. The maximum atomic E-state index is 12.6. The zero-order valence-electron chi connectivity index (χ0n) is 18.9. The van der Waals surface area contributed by atoms with Gasteiger partial charge in [-0.25, -0.2) is 9.78 Å². The van der Waals surface area contributed by atoms with E-state index in [1.165, 1.54) is 0 Å². The summed E-state index contributed by atoms with van der Waals surface area (Å²) in [6.07, 6.45) is 2.00. The Labute approximate surface area is 201 Å². The van der Waals surface area contributed by atoms with E-state index in [0.29, 0.717) is 19.3 Å². The summed E-state index contributed by atoms with van der Waals surface area (Å²) < 4.78 is 10.8. The van der Waals surface area contributed by atoms with Crippen molar-refractivity contribution in [2.24, 2.45) is 5.92 Å². The van der Waals surface area contributed by atoms with Gasteiger partial charge in [-0.15, -0.1) is 0 Å². The molecule has 0 bridgehead atoms. The lowest BCUT2D eigenvalue weighted by atomic mass is 9.98. The number of alkyl carbamates (subject to hydrolysis) is 1. The number of amides is 2. The molecule has 1 aromatic heterocycles. The third-order valence-corrected chi connectivity index (χ3v) is 6.71. The summed E-state index contributed by atoms with van der Waals surface area (Å²) in [4.78, 5) is 40.1. The number of aromatic nitrogens is 1. The van der Waals surface area contributed by atoms with Crippen LogP contribution < -0.4 is 10.6 Å². The zero-order valence-corrected chi connectivity index (χ0v) is 18.9. The Balaban J connectivity index is 1.16. The number of carbonyl (C=O) groups excluding carboxylic acids is 2. The number of hydrogen-bond acceptors (Lipinski definition) is 6. The van der Waals surface area contributed by atoms with Crippen LogP contribution in [0.3, 0.4) is 0 Å². The SMILES string of the molecule is O=C(NCc1ocnc1C(=O)NC1CCC(C(=O)O)C1)OCC1c2ccccc2-c2ccccc21. The van der Waals surface area contributed by atoms with E-state index in [2.05, 4.69) is 27.8 Å². The second-order valence-corrected chi connectivity index (χ2v) is 8.82. The van der Waals surface area contributed by atoms with E-state index in [4.69, 9.17) is 14.3 Å². The van der Waals surface area contributed by atoms with Crippen LogP contribution in [0.2, 0.25) is 0 Å². The van der Waals surface area contributed by atoms with Gasteiger partial charge in [0.1, 0.15) is 6.61 Å². The summed E-state index contributed by atoms with van der Waals surface area (Å²) in [6, 6.07) is 15.9. The van der Waals surface area contributed by atoms with Crippen molar-refractivity contribution >= 4 is 18.0 Å². The summed E-state index contributed by atoms with van der Waals surface area (Å²) in [5.74, 6) is -1.62. The molecule has 1 saturated carbocycles. The van der Waals surface area contributed by atoms with Crippen LogP contribution in [0.25, 0.3) is 11.1 Å². The summed E-state index contributed by atoms with van der Waals surface area (Å²) >= 11 is 0. The third-order valence-electron chi connectivity index (χ3n) is 6.71. The molecular formula is C26H25N3O6. The lowest BCUT2D eigenvalue weighted by Crippen LogP contribution is -2.34. The molecule has 3 aromatic rings. The molecule has 0 radical (unpaired) electrons. The van der Waals surface area contributed by atoms with Crippen molar-refractivity contribution < 1.29 is 28.6 Å². The van der Waals surface area contributed by atoms with Gasteiger partial charge in [-0.3, -0.25) is 9.59 Å². The van der Waals surface area contributed by atoms with Crippen molar-refractivity contribution in [3.8, 4) is 11.1 Å². The highest BCUT2D eigenvalue weighted by molar-refractivity contribution is 5.93. The van der Waals surface area contributed by atoms with Gasteiger partial charge in [0, 0.05) is 12.0 Å². The molecule has 2 aliphatic rings. The molecule has 2 aliphatic carbocycles. The Hall–Kier alpha value is -4.14. The molecule has 2 amide bonds. The number of hydrogen-bond donors (Lipinski definition) is 3. The fourth-order valence-electron chi connectivity index (χ4n) is 4.97. The average Bonchev–Trinajstić information content (AvgIpc) is 3.59. The molecule has 35 heavy (non-hydrogen) atoms. The predicted molar refractivity (Wildman–Crippen MR) is 125 cm³/mol. The van der Waals surface area contributed by atoms with Crippen LogP contribution in [0.5, 0.6) is 0 Å². The standard InChI is InChI=1S/C26H25N3O6/c30-24(29-16-10-9-15(11-16)25(31)32)23-22(35-14-28-23)12-27-26(33)34-13-21-19-7-3-1-5-17(19)18-6-2-4-8-20(18)21/h1-8,14-16,21H,9-13H2,(H,27,33)(H,29,30)(H,31,32). The summed E-state index contributed by atoms with van der Waals surface area (Å²) in [7, 11) is 0. The van der Waals surface area contributed by atoms with Crippen LogP contribution in [0.4, 0.5) is 4.79 Å². The highest BCUT2D eigenvalue weighted by atomic mass is 16.5. The second-order valence-electron chi connectivity index (χ2n) is 8.82. The van der Waals surface area contributed by atoms with Crippen molar-refractivity contribution in [1.82, 2.24) is 15.6 Å². The Morgan fingerprint density at radius 3 is 2.37 bits per heavy atom. The van der Waals surface area contributed by atoms with Gasteiger partial charge in [0.05, 0.1) is 12.5 Å². The minimum absolute atomic E-state index is 0.0548. The first-order valence-electron chi connectivity index (χ1n) is 11.6. The molecular weight excluding hydrogens is 450 g/mol. The molecule has 2 unspecified atom stereocenters. The molecule has 9 heteroatoms. The Morgan fingerprint density at radius 1 is 1.03 bits per heavy atom. The van der Waals surface area contributed by atoms with Crippen molar-refractivity contribution in [3.63, 3.8) is 0 Å². The van der Waals surface area contributed by atoms with E-state index < -0.39 is 23.9 Å². The molecule has 1 heterocycles. The minimum Gasteiger partial charge on any atom is -0.481 e. The smallest absolute Gasteiger partial charge is 0.407 e. The van der Waals surface area contributed by atoms with Crippen LogP contribution >= 0.6 is 0 Å². The van der Waals surface area contributed by atoms with Crippen LogP contribution in [-0.4, -0.2) is 40.7 Å². The lowest BCUT2D eigenvalue weighted by molar-refractivity contribution is -0.141. The molecule has 2 aromatic carbocycles. The highest BCUT2D eigenvalue weighted by Gasteiger charge is 2.32. The van der Waals surface area contributed by atoms with Gasteiger partial charge in [0.25, 0.3) is 5.91 Å². The van der Waals surface area contributed by atoms with E-state index in [0.717, 1.165) is 28.6 Å². The average molecular weight is 476 g/mol. The minimum atomic E-state index is -0.851. The van der Waals surface area contributed by atoms with Gasteiger partial charge in [-0.2, -0.15) is 0 Å². The van der Waals surface area contributed by atoms with Crippen LogP contribution in [0.1, 0.15) is 52.6 Å². The summed E-state index contributed by atoms with van der Waals surface area (Å²) in [5, 5.41) is 14.6. The molecule has 1 fully saturated rings. The van der Waals surface area contributed by atoms with Crippen molar-refractivity contribution in [1.29, 1.82) is 0 Å². The van der Waals surface area contributed by atoms with Crippen LogP contribution in [-0.2, 0) is 16.1 Å². The first kappa shape index (κ1) is 22.6. The molecule has 0 aliphatic heterocycles. The monoisotopic (exact) mass is 475 g/mol. The van der Waals surface area contributed by atoms with Gasteiger partial charge >= 0.3 is 12.1 Å². The molecule has 0 saturated heterocycles. The number of aliphatic carboxylic acids is 1. The van der Waals surface area contributed by atoms with Crippen molar-refractivity contribution in [2.45, 2.75) is 37.8 Å². The first-order valence-corrected chi connectivity index (χ1v) is 11.6. The molecule has 5 rings (SSSR count). The van der Waals surface area contributed by atoms with Crippen LogP contribution in [0.15, 0.2) is 59.3 Å². The van der Waals surface area contributed by atoms with E-state index in [-0.39, 0.29) is 36.6 Å².